The van der Waals surface area contributed by atoms with Gasteiger partial charge in [-0.05, 0) is 65.8 Å². The molecule has 3 heteroatoms. The predicted octanol–water partition coefficient (Wildman–Crippen LogP) is 6.94. The van der Waals surface area contributed by atoms with E-state index in [2.05, 4.69) is 67.2 Å². The zero-order valence-electron chi connectivity index (χ0n) is 17.2. The van der Waals surface area contributed by atoms with E-state index >= 15 is 0 Å². The van der Waals surface area contributed by atoms with Gasteiger partial charge >= 0.3 is 0 Å². The SMILES string of the molecule is CC(C)(C)c1ccnc(-c2cccc(Oc3cccc(C4=NC=CCC4)c3)c2)c1. The van der Waals surface area contributed by atoms with Gasteiger partial charge in [-0.1, -0.05) is 51.1 Å². The van der Waals surface area contributed by atoms with Crippen LogP contribution >= 0.6 is 0 Å². The normalized spacial score (nSPS) is 13.8. The molecule has 0 radical (unpaired) electrons. The number of allylic oxidation sites excluding steroid dienone is 1. The fourth-order valence-electron chi connectivity index (χ4n) is 3.37. The lowest BCUT2D eigenvalue weighted by atomic mass is 9.87. The van der Waals surface area contributed by atoms with Crippen molar-refractivity contribution >= 4 is 5.71 Å². The van der Waals surface area contributed by atoms with Gasteiger partial charge in [-0.15, -0.1) is 0 Å². The van der Waals surface area contributed by atoms with Gasteiger partial charge in [0, 0.05) is 23.7 Å². The minimum atomic E-state index is 0.0866. The summed E-state index contributed by atoms with van der Waals surface area (Å²) < 4.78 is 6.17. The quantitative estimate of drug-likeness (QED) is 0.490. The van der Waals surface area contributed by atoms with Crippen LogP contribution in [0.3, 0.4) is 0 Å². The van der Waals surface area contributed by atoms with Crippen molar-refractivity contribution in [1.29, 1.82) is 0 Å². The van der Waals surface area contributed by atoms with Crippen LogP contribution in [0.5, 0.6) is 11.5 Å². The summed E-state index contributed by atoms with van der Waals surface area (Å²) in [6.07, 6.45) is 7.86. The third kappa shape index (κ3) is 4.62. The number of aromatic nitrogens is 1. The standard InChI is InChI=1S/C26H26N2O/c1-26(2,3)21-13-15-28-25(18-21)20-9-7-11-23(17-20)29-22-10-6-8-19(16-22)24-12-4-5-14-27-24/h5-11,13-18H,4,12H2,1-3H3. The van der Waals surface area contributed by atoms with E-state index in [1.807, 2.05) is 42.7 Å². The van der Waals surface area contributed by atoms with E-state index in [9.17, 15) is 0 Å². The van der Waals surface area contributed by atoms with Gasteiger partial charge in [0.25, 0.3) is 0 Å². The molecule has 3 nitrogen and oxygen atoms in total. The van der Waals surface area contributed by atoms with E-state index in [0.29, 0.717) is 0 Å². The molecule has 1 aliphatic rings. The van der Waals surface area contributed by atoms with Crippen molar-refractivity contribution in [2.75, 3.05) is 0 Å². The van der Waals surface area contributed by atoms with Crippen LogP contribution < -0.4 is 4.74 Å². The molecule has 0 unspecified atom stereocenters. The van der Waals surface area contributed by atoms with Crippen LogP contribution in [0.25, 0.3) is 11.3 Å². The molecule has 1 aromatic heterocycles. The minimum Gasteiger partial charge on any atom is -0.457 e. The molecule has 2 heterocycles. The molecule has 0 saturated carbocycles. The molecular formula is C26H26N2O. The smallest absolute Gasteiger partial charge is 0.128 e. The summed E-state index contributed by atoms with van der Waals surface area (Å²) in [6, 6.07) is 20.5. The molecule has 0 amide bonds. The van der Waals surface area contributed by atoms with Crippen molar-refractivity contribution in [3.8, 4) is 22.8 Å². The maximum atomic E-state index is 6.17. The second-order valence-electron chi connectivity index (χ2n) is 8.34. The average molecular weight is 383 g/mol. The van der Waals surface area contributed by atoms with Crippen molar-refractivity contribution in [3.05, 3.63) is 90.3 Å². The first-order valence-electron chi connectivity index (χ1n) is 10.1. The highest BCUT2D eigenvalue weighted by Gasteiger charge is 2.15. The number of rotatable bonds is 4. The number of hydrogen-bond acceptors (Lipinski definition) is 3. The molecule has 0 N–H and O–H groups in total. The molecule has 3 aromatic rings. The molecule has 0 bridgehead atoms. The highest BCUT2D eigenvalue weighted by atomic mass is 16.5. The van der Waals surface area contributed by atoms with Gasteiger partial charge in [-0.25, -0.2) is 0 Å². The molecule has 0 atom stereocenters. The van der Waals surface area contributed by atoms with E-state index in [-0.39, 0.29) is 5.41 Å². The number of benzene rings is 2. The van der Waals surface area contributed by atoms with Crippen LogP contribution in [0.1, 0.15) is 44.7 Å². The van der Waals surface area contributed by atoms with Gasteiger partial charge in [0.05, 0.1) is 5.69 Å². The Kier molecular flexibility index (Phi) is 5.30. The highest BCUT2D eigenvalue weighted by Crippen LogP contribution is 2.30. The first-order chi connectivity index (χ1) is 14.0. The monoisotopic (exact) mass is 382 g/mol. The number of nitrogens with zero attached hydrogens (tertiary/aromatic N) is 2. The van der Waals surface area contributed by atoms with Gasteiger partial charge in [0.2, 0.25) is 0 Å². The topological polar surface area (TPSA) is 34.5 Å². The molecule has 146 valence electrons. The van der Waals surface area contributed by atoms with Crippen LogP contribution in [0, 0.1) is 0 Å². The number of ether oxygens (including phenoxy) is 1. The molecule has 0 aliphatic carbocycles. The highest BCUT2D eigenvalue weighted by molar-refractivity contribution is 6.01. The predicted molar refractivity (Wildman–Crippen MR) is 120 cm³/mol. The van der Waals surface area contributed by atoms with Gasteiger partial charge < -0.3 is 4.74 Å². The molecule has 1 aliphatic heterocycles. The molecule has 2 aromatic carbocycles. The summed E-state index contributed by atoms with van der Waals surface area (Å²) in [5.74, 6) is 1.61. The number of aliphatic imine (C=N–C) groups is 1. The van der Waals surface area contributed by atoms with E-state index < -0.39 is 0 Å². The zero-order chi connectivity index (χ0) is 20.3. The van der Waals surface area contributed by atoms with E-state index in [1.54, 1.807) is 0 Å². The lowest BCUT2D eigenvalue weighted by molar-refractivity contribution is 0.483. The molecule has 0 saturated heterocycles. The van der Waals surface area contributed by atoms with Crippen molar-refractivity contribution in [2.24, 2.45) is 4.99 Å². The molecule has 0 spiro atoms. The third-order valence-electron chi connectivity index (χ3n) is 5.04. The first kappa shape index (κ1) is 19.1. The summed E-state index contributed by atoms with van der Waals surface area (Å²) in [7, 11) is 0. The van der Waals surface area contributed by atoms with E-state index in [1.165, 1.54) is 5.56 Å². The first-order valence-corrected chi connectivity index (χ1v) is 10.1. The third-order valence-corrected chi connectivity index (χ3v) is 5.04. The van der Waals surface area contributed by atoms with Crippen molar-refractivity contribution < 1.29 is 4.74 Å². The Morgan fingerprint density at radius 1 is 0.862 bits per heavy atom. The summed E-state index contributed by atoms with van der Waals surface area (Å²) >= 11 is 0. The molecule has 4 rings (SSSR count). The Morgan fingerprint density at radius 3 is 2.28 bits per heavy atom. The zero-order valence-corrected chi connectivity index (χ0v) is 17.2. The van der Waals surface area contributed by atoms with Crippen molar-refractivity contribution in [1.82, 2.24) is 4.98 Å². The summed E-state index contributed by atoms with van der Waals surface area (Å²) in [5.41, 5.74) is 5.58. The van der Waals surface area contributed by atoms with Gasteiger partial charge in [-0.2, -0.15) is 0 Å². The fourth-order valence-corrected chi connectivity index (χ4v) is 3.37. The van der Waals surface area contributed by atoms with Crippen LogP contribution in [0.2, 0.25) is 0 Å². The van der Waals surface area contributed by atoms with Crippen molar-refractivity contribution in [2.45, 2.75) is 39.0 Å². The van der Waals surface area contributed by atoms with Crippen molar-refractivity contribution in [3.63, 3.8) is 0 Å². The number of hydrogen-bond donors (Lipinski definition) is 0. The largest absolute Gasteiger partial charge is 0.457 e. The molecule has 0 fully saturated rings. The maximum absolute atomic E-state index is 6.17. The van der Waals surface area contributed by atoms with Crippen LogP contribution in [0.4, 0.5) is 0 Å². The Morgan fingerprint density at radius 2 is 1.59 bits per heavy atom. The van der Waals surface area contributed by atoms with Gasteiger partial charge in [-0.3, -0.25) is 9.98 Å². The summed E-state index contributed by atoms with van der Waals surface area (Å²) in [4.78, 5) is 9.07. The Hall–Kier alpha value is -3.20. The lowest BCUT2D eigenvalue weighted by Gasteiger charge is -2.19. The van der Waals surface area contributed by atoms with Crippen LogP contribution in [-0.2, 0) is 5.41 Å². The molecule has 29 heavy (non-hydrogen) atoms. The lowest BCUT2D eigenvalue weighted by Crippen LogP contribution is -2.11. The Bertz CT molecular complexity index is 1070. The number of pyridine rings is 1. The van der Waals surface area contributed by atoms with Gasteiger partial charge in [0.15, 0.2) is 0 Å². The summed E-state index contributed by atoms with van der Waals surface area (Å²) in [5, 5.41) is 0. The van der Waals surface area contributed by atoms with E-state index in [4.69, 9.17) is 4.74 Å². The van der Waals surface area contributed by atoms with E-state index in [0.717, 1.165) is 46.9 Å². The Balaban J connectivity index is 1.59. The van der Waals surface area contributed by atoms with Gasteiger partial charge in [0.1, 0.15) is 11.5 Å². The second kappa shape index (κ2) is 8.04. The average Bonchev–Trinajstić information content (AvgIpc) is 2.74. The second-order valence-corrected chi connectivity index (χ2v) is 8.34. The van der Waals surface area contributed by atoms with Crippen LogP contribution in [-0.4, -0.2) is 10.7 Å². The minimum absolute atomic E-state index is 0.0866. The fraction of sp³-hybridized carbons (Fsp3) is 0.231. The Labute approximate surface area is 172 Å². The van der Waals surface area contributed by atoms with Crippen LogP contribution in [0.15, 0.2) is 84.1 Å². The maximum Gasteiger partial charge on any atom is 0.128 e. The molecular weight excluding hydrogens is 356 g/mol. The summed E-state index contributed by atoms with van der Waals surface area (Å²) in [6.45, 7) is 6.64.